The first kappa shape index (κ1) is 5.20. The Kier molecular flexibility index (Phi) is 0.736. The largest absolute Gasteiger partial charge is 0.479 e. The van der Waals surface area contributed by atoms with Crippen LogP contribution in [-0.4, -0.2) is 23.3 Å². The van der Waals surface area contributed by atoms with E-state index in [-0.39, 0.29) is 5.92 Å². The van der Waals surface area contributed by atoms with Crippen LogP contribution >= 0.6 is 0 Å². The van der Waals surface area contributed by atoms with Crippen molar-refractivity contribution < 1.29 is 19.7 Å². The maximum absolute atomic E-state index is 10.4. The van der Waals surface area contributed by atoms with Gasteiger partial charge in [0.15, 0.2) is 0 Å². The lowest BCUT2D eigenvalue weighted by molar-refractivity contribution is -0.297. The van der Waals surface area contributed by atoms with Gasteiger partial charge in [-0.25, -0.2) is 14.6 Å². The van der Waals surface area contributed by atoms with E-state index in [1.165, 1.54) is 0 Å². The molecule has 2 unspecified atom stereocenters. The fourth-order valence-corrected chi connectivity index (χ4v) is 1.12. The van der Waals surface area contributed by atoms with Crippen molar-refractivity contribution in [1.82, 2.24) is 0 Å². The third-order valence-corrected chi connectivity index (χ3v) is 1.89. The van der Waals surface area contributed by atoms with Crippen LogP contribution in [-0.2, 0) is 14.6 Å². The summed E-state index contributed by atoms with van der Waals surface area (Å²) >= 11 is 0. The van der Waals surface area contributed by atoms with Gasteiger partial charge in [0.1, 0.15) is 0 Å². The number of hydrogen-bond acceptors (Lipinski definition) is 3. The first-order valence-electron chi connectivity index (χ1n) is 2.80. The van der Waals surface area contributed by atoms with Crippen molar-refractivity contribution in [1.29, 1.82) is 0 Å². The Morgan fingerprint density at radius 3 is 2.78 bits per heavy atom. The van der Waals surface area contributed by atoms with Gasteiger partial charge in [-0.3, -0.25) is 0 Å². The summed E-state index contributed by atoms with van der Waals surface area (Å²) in [5, 5.41) is 8.51. The van der Waals surface area contributed by atoms with Crippen LogP contribution in [0.5, 0.6) is 0 Å². The number of carboxylic acids is 1. The van der Waals surface area contributed by atoms with E-state index in [1.54, 1.807) is 0 Å². The Morgan fingerprint density at radius 2 is 2.56 bits per heavy atom. The molecule has 4 nitrogen and oxygen atoms in total. The zero-order chi connectivity index (χ0) is 6.48. The fourth-order valence-electron chi connectivity index (χ4n) is 1.12. The number of aliphatic carboxylic acids is 1. The van der Waals surface area contributed by atoms with Gasteiger partial charge in [0, 0.05) is 5.92 Å². The molecule has 0 bridgehead atoms. The normalized spacial score (nSPS) is 46.4. The van der Waals surface area contributed by atoms with Gasteiger partial charge in [0.05, 0.1) is 6.61 Å². The number of fused-ring (bicyclic) bond motifs is 1. The molecule has 1 saturated heterocycles. The average molecular weight is 130 g/mol. The van der Waals surface area contributed by atoms with Crippen molar-refractivity contribution in [3.8, 4) is 0 Å². The minimum atomic E-state index is -0.944. The zero-order valence-corrected chi connectivity index (χ0v) is 4.66. The first-order valence-corrected chi connectivity index (χ1v) is 2.80. The van der Waals surface area contributed by atoms with Crippen LogP contribution in [0.1, 0.15) is 6.42 Å². The molecule has 1 saturated carbocycles. The first-order chi connectivity index (χ1) is 4.26. The van der Waals surface area contributed by atoms with Gasteiger partial charge in [0.2, 0.25) is 5.60 Å². The quantitative estimate of drug-likeness (QED) is 0.499. The van der Waals surface area contributed by atoms with E-state index in [0.717, 1.165) is 0 Å². The number of hydrogen-bond donors (Lipinski definition) is 1. The summed E-state index contributed by atoms with van der Waals surface area (Å²) in [5.41, 5.74) is -0.944. The van der Waals surface area contributed by atoms with Gasteiger partial charge in [-0.05, 0) is 6.42 Å². The standard InChI is InChI=1S/C5H6O4/c6-4(7)5-1-3(5)2-8-9-5/h3H,1-2H2,(H,6,7). The average Bonchev–Trinajstić information content (AvgIpc) is 2.38. The fraction of sp³-hybridized carbons (Fsp3) is 0.800. The Morgan fingerprint density at radius 1 is 1.78 bits per heavy atom. The van der Waals surface area contributed by atoms with Crippen LogP contribution in [0.4, 0.5) is 0 Å². The van der Waals surface area contributed by atoms with Gasteiger partial charge in [-0.15, -0.1) is 0 Å². The molecule has 0 aromatic carbocycles. The van der Waals surface area contributed by atoms with E-state index in [0.29, 0.717) is 13.0 Å². The van der Waals surface area contributed by atoms with E-state index in [2.05, 4.69) is 9.78 Å². The van der Waals surface area contributed by atoms with Gasteiger partial charge in [-0.2, -0.15) is 0 Å². The maximum Gasteiger partial charge on any atom is 0.339 e. The second-order valence-corrected chi connectivity index (χ2v) is 2.46. The SMILES string of the molecule is O=C(O)C12CC1COO2. The molecule has 2 atom stereocenters. The Balaban J connectivity index is 2.19. The minimum absolute atomic E-state index is 0.106. The van der Waals surface area contributed by atoms with Gasteiger partial charge in [0.25, 0.3) is 0 Å². The second-order valence-electron chi connectivity index (χ2n) is 2.46. The van der Waals surface area contributed by atoms with Crippen LogP contribution in [0, 0.1) is 5.92 Å². The van der Waals surface area contributed by atoms with Crippen LogP contribution in [0.15, 0.2) is 0 Å². The van der Waals surface area contributed by atoms with E-state index in [9.17, 15) is 4.79 Å². The molecule has 1 aliphatic heterocycles. The molecule has 9 heavy (non-hydrogen) atoms. The molecule has 0 amide bonds. The Labute approximate surface area is 51.3 Å². The van der Waals surface area contributed by atoms with Crippen LogP contribution in [0.25, 0.3) is 0 Å². The molecular weight excluding hydrogens is 124 g/mol. The van der Waals surface area contributed by atoms with Crippen molar-refractivity contribution in [3.05, 3.63) is 0 Å². The molecule has 0 aromatic rings. The van der Waals surface area contributed by atoms with E-state index < -0.39 is 11.6 Å². The molecule has 2 fully saturated rings. The molecule has 50 valence electrons. The van der Waals surface area contributed by atoms with Crippen molar-refractivity contribution >= 4 is 5.97 Å². The van der Waals surface area contributed by atoms with Crippen LogP contribution in [0.2, 0.25) is 0 Å². The third kappa shape index (κ3) is 0.469. The number of carbonyl (C=O) groups is 1. The smallest absolute Gasteiger partial charge is 0.339 e. The summed E-state index contributed by atoms with van der Waals surface area (Å²) in [5.74, 6) is -0.792. The Hall–Kier alpha value is -0.610. The summed E-state index contributed by atoms with van der Waals surface area (Å²) in [7, 11) is 0. The molecule has 0 spiro atoms. The summed E-state index contributed by atoms with van der Waals surface area (Å²) in [6, 6.07) is 0. The summed E-state index contributed by atoms with van der Waals surface area (Å²) < 4.78 is 0. The summed E-state index contributed by atoms with van der Waals surface area (Å²) in [6.45, 7) is 0.437. The Bertz CT molecular complexity index is 166. The summed E-state index contributed by atoms with van der Waals surface area (Å²) in [4.78, 5) is 19.4. The van der Waals surface area contributed by atoms with E-state index >= 15 is 0 Å². The van der Waals surface area contributed by atoms with E-state index in [1.807, 2.05) is 0 Å². The highest BCUT2D eigenvalue weighted by atomic mass is 17.2. The lowest BCUT2D eigenvalue weighted by atomic mass is 10.3. The molecule has 2 rings (SSSR count). The van der Waals surface area contributed by atoms with Gasteiger partial charge >= 0.3 is 5.97 Å². The zero-order valence-electron chi connectivity index (χ0n) is 4.66. The van der Waals surface area contributed by atoms with Crippen molar-refractivity contribution in [3.63, 3.8) is 0 Å². The molecule has 1 aliphatic carbocycles. The molecule has 0 radical (unpaired) electrons. The second kappa shape index (κ2) is 1.27. The van der Waals surface area contributed by atoms with Gasteiger partial charge in [-0.1, -0.05) is 0 Å². The van der Waals surface area contributed by atoms with E-state index in [4.69, 9.17) is 5.11 Å². The predicted octanol–water partition coefficient (Wildman–Crippen LogP) is -0.208. The summed E-state index contributed by atoms with van der Waals surface area (Å²) in [6.07, 6.45) is 0.613. The molecule has 0 aromatic heterocycles. The lowest BCUT2D eigenvalue weighted by Crippen LogP contribution is -2.23. The third-order valence-electron chi connectivity index (χ3n) is 1.89. The van der Waals surface area contributed by atoms with Crippen LogP contribution < -0.4 is 0 Å². The lowest BCUT2D eigenvalue weighted by Gasteiger charge is -2.01. The molecule has 4 heteroatoms. The molecular formula is C5H6O4. The minimum Gasteiger partial charge on any atom is -0.479 e. The molecule has 2 aliphatic rings. The van der Waals surface area contributed by atoms with Crippen molar-refractivity contribution in [2.75, 3.05) is 6.61 Å². The molecule has 1 heterocycles. The number of carboxylic acid groups (broad SMARTS) is 1. The highest BCUT2D eigenvalue weighted by Gasteiger charge is 2.67. The topological polar surface area (TPSA) is 55.8 Å². The van der Waals surface area contributed by atoms with Crippen molar-refractivity contribution in [2.24, 2.45) is 5.92 Å². The maximum atomic E-state index is 10.4. The van der Waals surface area contributed by atoms with Gasteiger partial charge < -0.3 is 5.11 Å². The van der Waals surface area contributed by atoms with Crippen molar-refractivity contribution in [2.45, 2.75) is 12.0 Å². The molecule has 1 N–H and O–H groups in total. The highest BCUT2D eigenvalue weighted by molar-refractivity contribution is 5.82. The van der Waals surface area contributed by atoms with Crippen LogP contribution in [0.3, 0.4) is 0 Å². The predicted molar refractivity (Wildman–Crippen MR) is 25.5 cm³/mol. The monoisotopic (exact) mass is 130 g/mol. The highest BCUT2D eigenvalue weighted by Crippen LogP contribution is 2.51. The number of rotatable bonds is 1.